The van der Waals surface area contributed by atoms with Crippen LogP contribution in [0.3, 0.4) is 0 Å². The topological polar surface area (TPSA) is 16.4 Å². The van der Waals surface area contributed by atoms with E-state index in [0.717, 1.165) is 30.9 Å². The molecular formula is C40H25NOS. The Bertz CT molecular complexity index is 2930. The standard InChI is InChI=1S/C40H25NOS/c1-2-11-28(12-3-1)41(34-16-9-17-35-39(34)33-25-22-26-10-4-5-13-31(26)40(33)42-35)29-23-20-27(21-24-29)30-15-8-19-37-38(30)32-14-6-7-18-36(32)43-37/h1-25H/i1D,2D,3D,11D,12D,20D,21D,23D,24D. The Balaban J connectivity index is 1.40. The predicted molar refractivity (Wildman–Crippen MR) is 184 cm³/mol. The molecule has 3 heteroatoms. The zero-order valence-electron chi connectivity index (χ0n) is 31.5. The SMILES string of the molecule is [2H]c1c([2H])c([2H])c(N(c2c([2H])c([2H])c(-c3cccc4sc5ccccc5c34)c([2H])c2[2H])c2cccc3oc4c5ccccc5ccc4c23)c([2H])c1[2H]. The monoisotopic (exact) mass is 576 g/mol. The molecule has 9 aromatic rings. The molecule has 2 heterocycles. The molecule has 9 rings (SSSR count). The number of para-hydroxylation sites is 1. The van der Waals surface area contributed by atoms with Gasteiger partial charge in [0.1, 0.15) is 11.2 Å². The van der Waals surface area contributed by atoms with Crippen LogP contribution in [0.25, 0.3) is 64.0 Å². The van der Waals surface area contributed by atoms with Gasteiger partial charge in [0.05, 0.1) is 23.4 Å². The van der Waals surface area contributed by atoms with Crippen molar-refractivity contribution in [3.63, 3.8) is 0 Å². The summed E-state index contributed by atoms with van der Waals surface area (Å²) >= 11 is 1.58. The lowest BCUT2D eigenvalue weighted by Gasteiger charge is -2.26. The summed E-state index contributed by atoms with van der Waals surface area (Å²) in [5, 5.41) is 4.74. The number of benzene rings is 7. The Morgan fingerprint density at radius 3 is 2.19 bits per heavy atom. The molecule has 0 saturated heterocycles. The van der Waals surface area contributed by atoms with Crippen molar-refractivity contribution in [3.05, 3.63) is 151 Å². The number of hydrogen-bond donors (Lipinski definition) is 0. The molecule has 0 saturated carbocycles. The van der Waals surface area contributed by atoms with Crippen molar-refractivity contribution in [2.45, 2.75) is 0 Å². The van der Waals surface area contributed by atoms with Crippen molar-refractivity contribution in [1.29, 1.82) is 0 Å². The smallest absolute Gasteiger partial charge is 0.143 e. The second-order valence-corrected chi connectivity index (χ2v) is 11.3. The van der Waals surface area contributed by atoms with Gasteiger partial charge in [0.15, 0.2) is 0 Å². The fourth-order valence-electron chi connectivity index (χ4n) is 5.96. The van der Waals surface area contributed by atoms with Gasteiger partial charge in [-0.3, -0.25) is 0 Å². The number of hydrogen-bond acceptors (Lipinski definition) is 3. The van der Waals surface area contributed by atoms with E-state index in [1.54, 1.807) is 35.6 Å². The third kappa shape index (κ3) is 3.79. The third-order valence-corrected chi connectivity index (χ3v) is 8.96. The fourth-order valence-corrected chi connectivity index (χ4v) is 7.10. The van der Waals surface area contributed by atoms with Crippen molar-refractivity contribution < 1.29 is 16.8 Å². The quantitative estimate of drug-likeness (QED) is 0.207. The van der Waals surface area contributed by atoms with Crippen LogP contribution in [0.2, 0.25) is 0 Å². The summed E-state index contributed by atoms with van der Waals surface area (Å²) in [5.74, 6) is 0. The fraction of sp³-hybridized carbons (Fsp3) is 0. The third-order valence-electron chi connectivity index (χ3n) is 7.82. The van der Waals surface area contributed by atoms with E-state index in [1.165, 1.54) is 4.90 Å². The first-order valence-electron chi connectivity index (χ1n) is 18.3. The molecule has 43 heavy (non-hydrogen) atoms. The molecule has 0 unspecified atom stereocenters. The second kappa shape index (κ2) is 9.59. The second-order valence-electron chi connectivity index (χ2n) is 10.2. The van der Waals surface area contributed by atoms with Gasteiger partial charge in [-0.05, 0) is 71.0 Å². The average molecular weight is 577 g/mol. The van der Waals surface area contributed by atoms with Gasteiger partial charge in [-0.2, -0.15) is 0 Å². The van der Waals surface area contributed by atoms with Crippen molar-refractivity contribution in [2.24, 2.45) is 0 Å². The van der Waals surface area contributed by atoms with Crippen LogP contribution in [0, 0.1) is 0 Å². The lowest BCUT2D eigenvalue weighted by Crippen LogP contribution is -2.10. The number of anilines is 3. The van der Waals surface area contributed by atoms with Gasteiger partial charge in [-0.25, -0.2) is 0 Å². The molecule has 0 aliphatic carbocycles. The van der Waals surface area contributed by atoms with E-state index in [9.17, 15) is 5.48 Å². The van der Waals surface area contributed by atoms with Crippen LogP contribution in [-0.2, 0) is 0 Å². The lowest BCUT2D eigenvalue weighted by molar-refractivity contribution is 0.672. The number of nitrogens with zero attached hydrogens (tertiary/aromatic N) is 1. The molecule has 7 aromatic carbocycles. The van der Waals surface area contributed by atoms with E-state index in [-0.39, 0.29) is 34.7 Å². The lowest BCUT2D eigenvalue weighted by atomic mass is 9.99. The van der Waals surface area contributed by atoms with Crippen LogP contribution in [0.4, 0.5) is 17.1 Å². The summed E-state index contributed by atoms with van der Waals surface area (Å²) in [7, 11) is 0. The van der Waals surface area contributed by atoms with Gasteiger partial charge in [0.25, 0.3) is 0 Å². The van der Waals surface area contributed by atoms with Crippen LogP contribution >= 0.6 is 11.3 Å². The highest BCUT2D eigenvalue weighted by atomic mass is 32.1. The van der Waals surface area contributed by atoms with Crippen molar-refractivity contribution in [3.8, 4) is 11.1 Å². The molecule has 0 amide bonds. The van der Waals surface area contributed by atoms with Crippen LogP contribution in [-0.4, -0.2) is 0 Å². The minimum absolute atomic E-state index is 0.104. The Hall–Kier alpha value is -5.38. The summed E-state index contributed by atoms with van der Waals surface area (Å²) in [6.45, 7) is 0. The molecule has 0 aliphatic heterocycles. The number of thiophene rings is 1. The number of rotatable bonds is 4. The Morgan fingerprint density at radius 2 is 1.30 bits per heavy atom. The predicted octanol–water partition coefficient (Wildman–Crippen LogP) is 12.2. The molecule has 0 bridgehead atoms. The molecular weight excluding hydrogens is 543 g/mol. The summed E-state index contributed by atoms with van der Waals surface area (Å²) in [5.41, 5.74) is 1.35. The van der Waals surface area contributed by atoms with Gasteiger partial charge in [-0.15, -0.1) is 11.3 Å². The molecule has 202 valence electrons. The molecule has 0 N–H and O–H groups in total. The normalized spacial score (nSPS) is 14.7. The van der Waals surface area contributed by atoms with Gasteiger partial charge in [-0.1, -0.05) is 96.9 Å². The summed E-state index contributed by atoms with van der Waals surface area (Å²) in [6.07, 6.45) is 0. The number of furan rings is 1. The Kier molecular flexibility index (Phi) is 3.77. The van der Waals surface area contributed by atoms with E-state index in [2.05, 4.69) is 0 Å². The summed E-state index contributed by atoms with van der Waals surface area (Å²) < 4.78 is 89.7. The van der Waals surface area contributed by atoms with Crippen molar-refractivity contribution in [2.75, 3.05) is 4.90 Å². The van der Waals surface area contributed by atoms with E-state index in [1.807, 2.05) is 72.8 Å². The molecule has 0 aliphatic rings. The molecule has 0 radical (unpaired) electrons. The minimum Gasteiger partial charge on any atom is -0.455 e. The summed E-state index contributed by atoms with van der Waals surface area (Å²) in [4.78, 5) is 1.28. The van der Waals surface area contributed by atoms with Crippen LogP contribution < -0.4 is 4.90 Å². The Labute approximate surface area is 265 Å². The van der Waals surface area contributed by atoms with Gasteiger partial charge >= 0.3 is 0 Å². The first-order chi connectivity index (χ1) is 25.1. The molecule has 0 fully saturated rings. The highest BCUT2D eigenvalue weighted by Gasteiger charge is 2.20. The maximum absolute atomic E-state index is 9.51. The molecule has 2 aromatic heterocycles. The maximum atomic E-state index is 9.51. The van der Waals surface area contributed by atoms with Gasteiger partial charge < -0.3 is 9.32 Å². The van der Waals surface area contributed by atoms with E-state index < -0.39 is 42.3 Å². The average Bonchev–Trinajstić information content (AvgIpc) is 3.74. The van der Waals surface area contributed by atoms with Crippen LogP contribution in [0.1, 0.15) is 12.3 Å². The van der Waals surface area contributed by atoms with Gasteiger partial charge in [0.2, 0.25) is 0 Å². The highest BCUT2D eigenvalue weighted by Crippen LogP contribution is 2.45. The van der Waals surface area contributed by atoms with E-state index >= 15 is 0 Å². The largest absolute Gasteiger partial charge is 0.455 e. The van der Waals surface area contributed by atoms with Crippen LogP contribution in [0.15, 0.2) is 156 Å². The maximum Gasteiger partial charge on any atom is 0.143 e. The van der Waals surface area contributed by atoms with Crippen LogP contribution in [0.5, 0.6) is 0 Å². The zero-order chi connectivity index (χ0) is 36.2. The van der Waals surface area contributed by atoms with E-state index in [0.29, 0.717) is 27.5 Å². The van der Waals surface area contributed by atoms with Crippen molar-refractivity contribution in [1.82, 2.24) is 0 Å². The molecule has 0 atom stereocenters. The summed E-state index contributed by atoms with van der Waals surface area (Å²) in [6, 6.07) is 25.7. The molecule has 0 spiro atoms. The van der Waals surface area contributed by atoms with Crippen molar-refractivity contribution >= 4 is 81.3 Å². The zero-order valence-corrected chi connectivity index (χ0v) is 23.3. The first-order valence-corrected chi connectivity index (χ1v) is 14.6. The number of fused-ring (bicyclic) bond motifs is 8. The highest BCUT2D eigenvalue weighted by molar-refractivity contribution is 7.25. The van der Waals surface area contributed by atoms with E-state index in [4.69, 9.17) is 11.3 Å². The minimum atomic E-state index is -0.598. The Morgan fingerprint density at radius 1 is 0.558 bits per heavy atom. The van der Waals surface area contributed by atoms with Gasteiger partial charge in [0, 0.05) is 42.3 Å². The first kappa shape index (κ1) is 16.9. The molecule has 2 nitrogen and oxygen atoms in total.